The molecule has 0 aliphatic heterocycles. The second kappa shape index (κ2) is 11.6. The van der Waals surface area contributed by atoms with Gasteiger partial charge in [0.05, 0.1) is 30.0 Å². The molecule has 0 spiro atoms. The van der Waals surface area contributed by atoms with E-state index < -0.39 is 24.6 Å². The highest BCUT2D eigenvalue weighted by Gasteiger charge is 2.26. The lowest BCUT2D eigenvalue weighted by atomic mass is 9.86. The molecule has 2 atom stereocenters. The number of carboxylic acid groups (broad SMARTS) is 1. The number of rotatable bonds is 8. The molecule has 0 amide bonds. The van der Waals surface area contributed by atoms with Crippen molar-refractivity contribution in [1.82, 2.24) is 9.97 Å². The van der Waals surface area contributed by atoms with Crippen LogP contribution < -0.4 is 0 Å². The van der Waals surface area contributed by atoms with Crippen LogP contribution >= 0.6 is 0 Å². The quantitative estimate of drug-likeness (QED) is 0.332. The van der Waals surface area contributed by atoms with E-state index in [1.807, 2.05) is 19.9 Å². The first-order valence-electron chi connectivity index (χ1n) is 12.6. The van der Waals surface area contributed by atoms with Crippen LogP contribution in [0.15, 0.2) is 42.6 Å². The fourth-order valence-corrected chi connectivity index (χ4v) is 4.95. The number of pyridine rings is 2. The highest BCUT2D eigenvalue weighted by Crippen LogP contribution is 2.42. The number of nitrogens with zero attached hydrogens (tertiary/aromatic N) is 3. The first-order valence-corrected chi connectivity index (χ1v) is 12.6. The Bertz CT molecular complexity index is 1410. The third-order valence-corrected chi connectivity index (χ3v) is 6.67. The summed E-state index contributed by atoms with van der Waals surface area (Å²) >= 11 is 0. The molecule has 1 aliphatic rings. The van der Waals surface area contributed by atoms with Gasteiger partial charge in [-0.15, -0.1) is 4.98 Å². The van der Waals surface area contributed by atoms with Crippen LogP contribution in [0.3, 0.4) is 0 Å². The highest BCUT2D eigenvalue weighted by atomic mass is 19.1. The Labute approximate surface area is 221 Å². The zero-order valence-corrected chi connectivity index (χ0v) is 21.4. The van der Waals surface area contributed by atoms with Crippen molar-refractivity contribution in [3.63, 3.8) is 0 Å². The average molecular weight is 516 g/mol. The van der Waals surface area contributed by atoms with Crippen molar-refractivity contribution in [2.45, 2.75) is 64.1 Å². The summed E-state index contributed by atoms with van der Waals surface area (Å²) in [6.45, 7) is 11.4. The topological polar surface area (TPSA) is 108 Å². The highest BCUT2D eigenvalue weighted by molar-refractivity contribution is 5.86. The molecule has 8 heteroatoms. The summed E-state index contributed by atoms with van der Waals surface area (Å²) < 4.78 is 13.9. The molecule has 0 saturated carbocycles. The SMILES string of the molecule is [C-]#[N+]c1cc2c(cn1)-c1nc(C(C)C)c(C=C[C@@H](O)C[C@@H](O)CC(=O)O)c(-c3ccc(F)cc3)c1CCC2. The fraction of sp³-hybridized carbons (Fsp3) is 0.333. The van der Waals surface area contributed by atoms with Crippen molar-refractivity contribution in [2.75, 3.05) is 0 Å². The van der Waals surface area contributed by atoms with Crippen LogP contribution in [0.1, 0.15) is 61.4 Å². The summed E-state index contributed by atoms with van der Waals surface area (Å²) in [6.07, 6.45) is 4.50. The Morgan fingerprint density at radius 3 is 2.61 bits per heavy atom. The molecule has 196 valence electrons. The monoisotopic (exact) mass is 515 g/mol. The molecular weight excluding hydrogens is 485 g/mol. The fourth-order valence-electron chi connectivity index (χ4n) is 4.95. The molecule has 1 aliphatic carbocycles. The van der Waals surface area contributed by atoms with Gasteiger partial charge in [-0.2, -0.15) is 0 Å². The van der Waals surface area contributed by atoms with Gasteiger partial charge in [-0.3, -0.25) is 9.78 Å². The third-order valence-electron chi connectivity index (χ3n) is 6.67. The minimum absolute atomic E-state index is 0.00364. The number of hydrogen-bond acceptors (Lipinski definition) is 5. The molecule has 1 aromatic carbocycles. The number of aliphatic hydroxyl groups is 2. The van der Waals surface area contributed by atoms with Crippen LogP contribution in [-0.4, -0.2) is 43.5 Å². The number of fused-ring (bicyclic) bond motifs is 3. The predicted octanol–water partition coefficient (Wildman–Crippen LogP) is 5.71. The molecule has 7 nitrogen and oxygen atoms in total. The van der Waals surface area contributed by atoms with E-state index in [0.29, 0.717) is 12.2 Å². The summed E-state index contributed by atoms with van der Waals surface area (Å²) in [5.74, 6) is -1.15. The number of carbonyl (C=O) groups is 1. The molecule has 0 radical (unpaired) electrons. The van der Waals surface area contributed by atoms with Crippen LogP contribution in [0.5, 0.6) is 0 Å². The number of halogens is 1. The van der Waals surface area contributed by atoms with Gasteiger partial charge in [-0.05, 0) is 65.6 Å². The van der Waals surface area contributed by atoms with Crippen LogP contribution in [0.25, 0.3) is 33.3 Å². The number of aromatic nitrogens is 2. The number of hydrogen-bond donors (Lipinski definition) is 3. The zero-order valence-electron chi connectivity index (χ0n) is 21.4. The number of aliphatic carboxylic acids is 1. The average Bonchev–Trinajstić information content (AvgIpc) is 3.05. The van der Waals surface area contributed by atoms with E-state index in [0.717, 1.165) is 57.6 Å². The number of carboxylic acids is 1. The molecule has 2 aromatic heterocycles. The molecule has 2 heterocycles. The van der Waals surface area contributed by atoms with Crippen LogP contribution in [0, 0.1) is 12.4 Å². The maximum Gasteiger partial charge on any atom is 0.305 e. The van der Waals surface area contributed by atoms with Crippen molar-refractivity contribution >= 4 is 17.9 Å². The Balaban J connectivity index is 1.92. The molecular formula is C30H30FN3O4. The van der Waals surface area contributed by atoms with Gasteiger partial charge in [0.25, 0.3) is 5.82 Å². The van der Waals surface area contributed by atoms with Gasteiger partial charge in [0.2, 0.25) is 0 Å². The molecule has 0 fully saturated rings. The van der Waals surface area contributed by atoms with Gasteiger partial charge in [-0.25, -0.2) is 4.39 Å². The van der Waals surface area contributed by atoms with E-state index in [9.17, 15) is 19.4 Å². The summed E-state index contributed by atoms with van der Waals surface area (Å²) in [5.41, 5.74) is 6.92. The summed E-state index contributed by atoms with van der Waals surface area (Å²) in [5, 5.41) is 29.4. The smallest absolute Gasteiger partial charge is 0.305 e. The van der Waals surface area contributed by atoms with E-state index in [2.05, 4.69) is 9.83 Å². The summed E-state index contributed by atoms with van der Waals surface area (Å²) in [7, 11) is 0. The van der Waals surface area contributed by atoms with E-state index in [4.69, 9.17) is 16.7 Å². The minimum atomic E-state index is -1.18. The number of aliphatic hydroxyl groups excluding tert-OH is 2. The van der Waals surface area contributed by atoms with Gasteiger partial charge in [0.15, 0.2) is 0 Å². The maximum atomic E-state index is 13.9. The van der Waals surface area contributed by atoms with Gasteiger partial charge in [0, 0.05) is 17.5 Å². The number of benzene rings is 1. The lowest BCUT2D eigenvalue weighted by molar-refractivity contribution is -0.139. The third kappa shape index (κ3) is 5.96. The molecule has 0 saturated heterocycles. The van der Waals surface area contributed by atoms with Crippen LogP contribution in [-0.2, 0) is 17.6 Å². The molecule has 3 N–H and O–H groups in total. The van der Waals surface area contributed by atoms with Crippen LogP contribution in [0.4, 0.5) is 10.2 Å². The predicted molar refractivity (Wildman–Crippen MR) is 143 cm³/mol. The normalized spacial score (nSPS) is 14.4. The first-order chi connectivity index (χ1) is 18.2. The Kier molecular flexibility index (Phi) is 8.30. The second-order valence-electron chi connectivity index (χ2n) is 9.85. The van der Waals surface area contributed by atoms with Gasteiger partial charge in [0.1, 0.15) is 12.0 Å². The number of aryl methyl sites for hydroxylation is 1. The molecule has 38 heavy (non-hydrogen) atoms. The Morgan fingerprint density at radius 1 is 1.21 bits per heavy atom. The minimum Gasteiger partial charge on any atom is -0.481 e. The van der Waals surface area contributed by atoms with Gasteiger partial charge < -0.3 is 20.2 Å². The molecule has 4 rings (SSSR count). The lowest BCUT2D eigenvalue weighted by Crippen LogP contribution is -2.19. The summed E-state index contributed by atoms with van der Waals surface area (Å²) in [6, 6.07) is 8.10. The molecule has 0 bridgehead atoms. The van der Waals surface area contributed by atoms with Crippen molar-refractivity contribution in [3.8, 4) is 22.4 Å². The van der Waals surface area contributed by atoms with Gasteiger partial charge in [-0.1, -0.05) is 44.7 Å². The second-order valence-corrected chi connectivity index (χ2v) is 9.85. The van der Waals surface area contributed by atoms with E-state index in [1.165, 1.54) is 12.1 Å². The van der Waals surface area contributed by atoms with Crippen molar-refractivity contribution < 1.29 is 24.5 Å². The van der Waals surface area contributed by atoms with E-state index in [1.54, 1.807) is 30.5 Å². The zero-order chi connectivity index (χ0) is 27.4. The molecule has 0 unspecified atom stereocenters. The Hall–Kier alpha value is -3.93. The summed E-state index contributed by atoms with van der Waals surface area (Å²) in [4.78, 5) is 23.8. The maximum absolute atomic E-state index is 13.9. The standard InChI is InChI=1S/C30H30FN3O4/c1-17(2)29-24(12-11-21(35)14-22(36)15-27(37)38)28(18-7-9-20(31)10-8-18)23-6-4-5-19-13-26(32-3)33-16-25(19)30(23)34-29/h7-13,16-17,21-22,35-36H,4-6,14-15H2,1-2H3,(H,37,38)/t21-,22-/m1/s1. The van der Waals surface area contributed by atoms with Crippen LogP contribution in [0.2, 0.25) is 0 Å². The Morgan fingerprint density at radius 2 is 1.95 bits per heavy atom. The lowest BCUT2D eigenvalue weighted by Gasteiger charge is -2.22. The van der Waals surface area contributed by atoms with Gasteiger partial charge >= 0.3 is 5.97 Å². The molecule has 3 aromatic rings. The van der Waals surface area contributed by atoms with E-state index in [-0.39, 0.29) is 18.2 Å². The van der Waals surface area contributed by atoms with Crippen molar-refractivity contribution in [3.05, 3.63) is 82.2 Å². The largest absolute Gasteiger partial charge is 0.481 e. The first kappa shape index (κ1) is 27.1. The van der Waals surface area contributed by atoms with E-state index >= 15 is 0 Å². The van der Waals surface area contributed by atoms with Crippen molar-refractivity contribution in [2.24, 2.45) is 0 Å². The van der Waals surface area contributed by atoms with Crippen molar-refractivity contribution in [1.29, 1.82) is 0 Å².